The summed E-state index contributed by atoms with van der Waals surface area (Å²) in [4.78, 5) is 12.0. The molecule has 0 fully saturated rings. The average Bonchev–Trinajstić information content (AvgIpc) is 3.15. The minimum Gasteiger partial charge on any atom is -0.398 e. The molecule has 0 radical (unpaired) electrons. The van der Waals surface area contributed by atoms with Crippen molar-refractivity contribution < 1.29 is 30.7 Å². The maximum atomic E-state index is 13.9. The molecular weight excluding hydrogens is 791 g/mol. The number of hydrogen-bond donors (Lipinski definition) is 8. The molecule has 13 N–H and O–H groups in total. The number of anilines is 6. The Morgan fingerprint density at radius 1 is 0.586 bits per heavy atom. The molecule has 0 spiro atoms. The van der Waals surface area contributed by atoms with Crippen LogP contribution < -0.4 is 34.1 Å². The predicted octanol–water partition coefficient (Wildman–Crippen LogP) is 7.60. The summed E-state index contributed by atoms with van der Waals surface area (Å²) < 4.78 is 70.0. The smallest absolute Gasteiger partial charge is 0.296 e. The number of Topliss-reactive ketones (excluding diaryl/α,β-unsaturated/α-hetero) is 1. The van der Waals surface area contributed by atoms with Crippen LogP contribution in [0.2, 0.25) is 0 Å². The minimum absolute atomic E-state index is 0.170. The molecule has 6 rings (SSSR count). The van der Waals surface area contributed by atoms with Crippen LogP contribution in [0.1, 0.15) is 27.0 Å². The Morgan fingerprint density at radius 3 is 1.52 bits per heavy atom. The topological polar surface area (TPSA) is 354 Å². The van der Waals surface area contributed by atoms with Crippen molar-refractivity contribution in [2.45, 2.75) is 18.7 Å². The number of nitrogens with zero attached hydrogens (tertiary/aromatic N) is 7. The maximum Gasteiger partial charge on any atom is 0.296 e. The molecule has 0 amide bonds. The third-order valence-corrected chi connectivity index (χ3v) is 10.2. The van der Waals surface area contributed by atoms with Gasteiger partial charge >= 0.3 is 0 Å². The summed E-state index contributed by atoms with van der Waals surface area (Å²) in [5.41, 5.74) is 34.9. The highest BCUT2D eigenvalue weighted by Crippen LogP contribution is 2.41. The first-order valence-electron chi connectivity index (χ1n) is 16.6. The van der Waals surface area contributed by atoms with E-state index in [1.165, 1.54) is 48.5 Å². The molecule has 296 valence electrons. The molecule has 1 aliphatic rings. The molecule has 20 nitrogen and oxygen atoms in total. The first-order chi connectivity index (χ1) is 27.3. The van der Waals surface area contributed by atoms with Gasteiger partial charge in [-0.1, -0.05) is 0 Å². The van der Waals surface area contributed by atoms with E-state index in [4.69, 9.17) is 28.7 Å². The Balaban J connectivity index is 1.29. The molecule has 5 aromatic rings. The zero-order chi connectivity index (χ0) is 42.1. The number of nitrogens with one attached hydrogen (secondary N) is 1. The quantitative estimate of drug-likeness (QED) is 0.0291. The van der Waals surface area contributed by atoms with Gasteiger partial charge in [0.1, 0.15) is 26.9 Å². The number of fused-ring (bicyclic) bond motifs is 1. The van der Waals surface area contributed by atoms with Crippen molar-refractivity contribution in [2.24, 2.45) is 35.8 Å². The number of allylic oxidation sites excluding steroid dienone is 1. The van der Waals surface area contributed by atoms with Gasteiger partial charge in [0.25, 0.3) is 20.2 Å². The van der Waals surface area contributed by atoms with Crippen LogP contribution >= 0.6 is 0 Å². The van der Waals surface area contributed by atoms with Crippen LogP contribution in [-0.4, -0.2) is 37.4 Å². The number of carbonyl (C=O) groups excluding carboxylic acids is 1. The van der Waals surface area contributed by atoms with Crippen LogP contribution in [0, 0.1) is 13.8 Å². The number of ketones is 1. The van der Waals surface area contributed by atoms with Crippen LogP contribution in [0.15, 0.2) is 124 Å². The number of hydrazone groups is 1. The summed E-state index contributed by atoms with van der Waals surface area (Å²) in [6, 6.07) is 19.3. The van der Waals surface area contributed by atoms with Crippen molar-refractivity contribution in [1.82, 2.24) is 0 Å². The fourth-order valence-electron chi connectivity index (χ4n) is 5.37. The highest BCUT2D eigenvalue weighted by Gasteiger charge is 2.37. The van der Waals surface area contributed by atoms with Gasteiger partial charge in [0.2, 0.25) is 5.78 Å². The van der Waals surface area contributed by atoms with E-state index in [2.05, 4.69) is 41.2 Å². The zero-order valence-electron chi connectivity index (χ0n) is 30.4. The van der Waals surface area contributed by atoms with Gasteiger partial charge in [0.15, 0.2) is 5.71 Å². The number of azo groups is 3. The second kappa shape index (κ2) is 15.6. The maximum absolute atomic E-state index is 13.9. The molecule has 0 aliphatic heterocycles. The predicted molar refractivity (Wildman–Crippen MR) is 221 cm³/mol. The summed E-state index contributed by atoms with van der Waals surface area (Å²) in [6.45, 7) is 3.59. The molecule has 0 aromatic heterocycles. The Bertz CT molecular complexity index is 2890. The van der Waals surface area contributed by atoms with Crippen LogP contribution in [0.4, 0.5) is 68.2 Å². The fourth-order valence-corrected chi connectivity index (χ4v) is 6.69. The van der Waals surface area contributed by atoms with Crippen molar-refractivity contribution in [3.05, 3.63) is 106 Å². The van der Waals surface area contributed by atoms with Crippen LogP contribution in [0.25, 0.3) is 6.08 Å². The second-order valence-electron chi connectivity index (χ2n) is 12.7. The van der Waals surface area contributed by atoms with E-state index in [0.717, 1.165) is 23.3 Å². The Kier molecular flexibility index (Phi) is 10.8. The number of hydrogen-bond acceptors (Lipinski definition) is 18. The van der Waals surface area contributed by atoms with Crippen LogP contribution in [0.5, 0.6) is 0 Å². The van der Waals surface area contributed by atoms with Crippen molar-refractivity contribution in [3.63, 3.8) is 0 Å². The lowest BCUT2D eigenvalue weighted by atomic mass is 9.92. The van der Waals surface area contributed by atoms with Gasteiger partial charge in [-0.05, 0) is 115 Å². The van der Waals surface area contributed by atoms with E-state index < -0.39 is 58.5 Å². The Hall–Kier alpha value is -7.40. The first kappa shape index (κ1) is 40.3. The lowest BCUT2D eigenvalue weighted by molar-refractivity contribution is 0.106. The number of carbonyl (C=O) groups is 1. The molecule has 0 unspecified atom stereocenters. The zero-order valence-corrected chi connectivity index (χ0v) is 32.0. The van der Waals surface area contributed by atoms with Crippen LogP contribution in [-0.2, 0) is 20.2 Å². The third kappa shape index (κ3) is 8.69. The molecular formula is C36H33N13O7S2. The van der Waals surface area contributed by atoms with Gasteiger partial charge in [0.05, 0.1) is 45.4 Å². The summed E-state index contributed by atoms with van der Waals surface area (Å²) in [6.07, 6.45) is 0.777. The summed E-state index contributed by atoms with van der Waals surface area (Å²) in [7, 11) is -10.3. The number of rotatable bonds is 10. The van der Waals surface area contributed by atoms with E-state index in [0.29, 0.717) is 45.5 Å². The number of nitrogens with two attached hydrogens (primary N) is 5. The first-order valence-corrected chi connectivity index (χ1v) is 19.5. The van der Waals surface area contributed by atoms with Crippen molar-refractivity contribution >= 4 is 106 Å². The summed E-state index contributed by atoms with van der Waals surface area (Å²) in [5.74, 6) is -1.14. The highest BCUT2D eigenvalue weighted by molar-refractivity contribution is 7.91. The van der Waals surface area contributed by atoms with E-state index in [-0.39, 0.29) is 16.9 Å². The largest absolute Gasteiger partial charge is 0.398 e. The van der Waals surface area contributed by atoms with Crippen molar-refractivity contribution in [3.8, 4) is 0 Å². The normalized spacial score (nSPS) is 14.1. The third-order valence-electron chi connectivity index (χ3n) is 8.51. The van der Waals surface area contributed by atoms with Crippen LogP contribution in [0.3, 0.4) is 0 Å². The molecule has 0 saturated carbocycles. The lowest BCUT2D eigenvalue weighted by Crippen LogP contribution is -2.28. The second-order valence-corrected chi connectivity index (χ2v) is 15.4. The van der Waals surface area contributed by atoms with E-state index in [1.807, 2.05) is 0 Å². The summed E-state index contributed by atoms with van der Waals surface area (Å²) in [5, 5.41) is 28.5. The van der Waals surface area contributed by atoms with Gasteiger partial charge in [-0.2, -0.15) is 37.3 Å². The molecule has 5 aromatic carbocycles. The summed E-state index contributed by atoms with van der Waals surface area (Å²) >= 11 is 0. The Morgan fingerprint density at radius 2 is 1.05 bits per heavy atom. The molecule has 0 atom stereocenters. The average molecular weight is 824 g/mol. The standard InChI is InChI=1S/C36H33N13O7S2/c1-17-11-28(26(39)15-24(17)37)46-42-20-3-7-22(8-4-20)44-48-34-30(57(51,52)53)13-19-14-31(58(54,55)56)35(36(50)32(19)33(34)41)49-45-23-9-5-21(6-10-23)43-47-29-12-18(2)25(38)16-27(29)40/h3-16,45H,37-41H2,1-2H3,(H,51,52,53)(H,54,55,56)/b46-42?,47-43?,48-44?,49-35-. The van der Waals surface area contributed by atoms with Crippen molar-refractivity contribution in [2.75, 3.05) is 34.1 Å². The number of nitrogen functional groups attached to an aromatic ring is 5. The fraction of sp³-hybridized carbons (Fsp3) is 0.0556. The molecule has 0 heterocycles. The van der Waals surface area contributed by atoms with Gasteiger partial charge in [-0.25, -0.2) is 0 Å². The van der Waals surface area contributed by atoms with E-state index in [9.17, 15) is 30.7 Å². The van der Waals surface area contributed by atoms with Gasteiger partial charge in [-0.3, -0.25) is 19.3 Å². The SMILES string of the molecule is Cc1cc(N=Nc2ccc(N=Nc3c(S(=O)(=O)O)cc4c(c3N)C(=O)/C(=N\Nc3ccc(N=Nc5cc(C)c(N)cc5N)cc3)C(S(=O)(=O)O)=C4)cc2)c(N)cc1N. The number of aryl methyl sites for hydroxylation is 2. The number of benzene rings is 5. The molecule has 0 saturated heterocycles. The molecule has 22 heteroatoms. The van der Waals surface area contributed by atoms with E-state index in [1.54, 1.807) is 38.1 Å². The van der Waals surface area contributed by atoms with Crippen molar-refractivity contribution in [1.29, 1.82) is 0 Å². The lowest BCUT2D eigenvalue weighted by Gasteiger charge is -2.20. The molecule has 0 bridgehead atoms. The molecule has 1 aliphatic carbocycles. The Labute approximate surface area is 330 Å². The minimum atomic E-state index is -5.15. The monoisotopic (exact) mass is 823 g/mol. The molecule has 58 heavy (non-hydrogen) atoms. The van der Waals surface area contributed by atoms with Gasteiger partial charge in [0, 0.05) is 11.4 Å². The van der Waals surface area contributed by atoms with E-state index >= 15 is 0 Å². The highest BCUT2D eigenvalue weighted by atomic mass is 32.2. The van der Waals surface area contributed by atoms with Gasteiger partial charge in [-0.15, -0.1) is 15.3 Å². The van der Waals surface area contributed by atoms with Gasteiger partial charge < -0.3 is 28.7 Å².